The van der Waals surface area contributed by atoms with E-state index in [0.29, 0.717) is 5.75 Å². The van der Waals surface area contributed by atoms with E-state index >= 15 is 0 Å². The summed E-state index contributed by atoms with van der Waals surface area (Å²) in [7, 11) is 1.89. The summed E-state index contributed by atoms with van der Waals surface area (Å²) in [6.07, 6.45) is 0.131. The molecule has 0 spiro atoms. The number of rotatable bonds is 5. The summed E-state index contributed by atoms with van der Waals surface area (Å²) < 4.78 is 1.89. The van der Waals surface area contributed by atoms with E-state index in [-0.39, 0.29) is 6.42 Å². The van der Waals surface area contributed by atoms with Crippen molar-refractivity contribution in [2.24, 2.45) is 7.05 Å². The molecule has 0 unspecified atom stereocenters. The highest BCUT2D eigenvalue weighted by Crippen LogP contribution is 2.26. The Morgan fingerprint density at radius 1 is 1.59 bits per heavy atom. The van der Waals surface area contributed by atoms with Crippen LogP contribution in [0.4, 0.5) is 0 Å². The van der Waals surface area contributed by atoms with Crippen LogP contribution in [0.3, 0.4) is 0 Å². The number of hydrogen-bond acceptors (Lipinski definition) is 5. The van der Waals surface area contributed by atoms with Crippen molar-refractivity contribution in [2.75, 3.05) is 5.75 Å². The summed E-state index contributed by atoms with van der Waals surface area (Å²) in [5, 5.41) is 19.5. The quantitative estimate of drug-likeness (QED) is 0.842. The molecule has 7 heteroatoms. The van der Waals surface area contributed by atoms with Crippen molar-refractivity contribution in [1.82, 2.24) is 14.8 Å². The Balaban J connectivity index is 2.08. The van der Waals surface area contributed by atoms with E-state index in [9.17, 15) is 4.79 Å². The zero-order valence-corrected chi connectivity index (χ0v) is 10.8. The molecule has 0 aliphatic carbocycles. The van der Waals surface area contributed by atoms with Crippen LogP contribution in [0.25, 0.3) is 10.7 Å². The van der Waals surface area contributed by atoms with Gasteiger partial charge in [0.25, 0.3) is 0 Å². The second-order valence-corrected chi connectivity index (χ2v) is 5.34. The normalized spacial score (nSPS) is 10.6. The Kier molecular flexibility index (Phi) is 3.80. The first-order valence-electron chi connectivity index (χ1n) is 4.96. The van der Waals surface area contributed by atoms with Crippen LogP contribution in [-0.4, -0.2) is 31.6 Å². The second kappa shape index (κ2) is 5.33. The summed E-state index contributed by atoms with van der Waals surface area (Å²) >= 11 is 3.01. The van der Waals surface area contributed by atoms with Gasteiger partial charge in [-0.2, -0.15) is 0 Å². The van der Waals surface area contributed by atoms with Crippen LogP contribution in [-0.2, 0) is 11.8 Å². The van der Waals surface area contributed by atoms with Crippen LogP contribution >= 0.6 is 23.1 Å². The minimum Gasteiger partial charge on any atom is -0.481 e. The third-order valence-electron chi connectivity index (χ3n) is 2.12. The molecule has 0 atom stereocenters. The second-order valence-electron chi connectivity index (χ2n) is 3.33. The molecule has 2 aromatic heterocycles. The molecule has 0 radical (unpaired) electrons. The molecule has 2 heterocycles. The predicted octanol–water partition coefficient (Wildman–Crippen LogP) is 2.11. The molecular weight excluding hydrogens is 258 g/mol. The van der Waals surface area contributed by atoms with E-state index < -0.39 is 5.97 Å². The minimum absolute atomic E-state index is 0.131. The monoisotopic (exact) mass is 269 g/mol. The van der Waals surface area contributed by atoms with Gasteiger partial charge in [0.1, 0.15) is 0 Å². The number of nitrogens with zero attached hydrogens (tertiary/aromatic N) is 3. The van der Waals surface area contributed by atoms with E-state index in [1.807, 2.05) is 29.1 Å². The number of hydrogen-bond donors (Lipinski definition) is 1. The molecule has 2 aromatic rings. The van der Waals surface area contributed by atoms with Crippen LogP contribution in [0.15, 0.2) is 22.7 Å². The number of carboxylic acid groups (broad SMARTS) is 1. The standard InChI is InChI=1S/C10H11N3O2S2/c1-13-9(7-3-2-5-16-7)11-12-10(13)17-6-4-8(14)15/h2-3,5H,4,6H2,1H3,(H,14,15). The topological polar surface area (TPSA) is 68.0 Å². The highest BCUT2D eigenvalue weighted by Gasteiger charge is 2.11. The highest BCUT2D eigenvalue weighted by molar-refractivity contribution is 7.99. The number of thiophene rings is 1. The Labute approximate surface area is 106 Å². The molecule has 0 bridgehead atoms. The van der Waals surface area contributed by atoms with Crippen molar-refractivity contribution < 1.29 is 9.90 Å². The van der Waals surface area contributed by atoms with Gasteiger partial charge in [0.2, 0.25) is 0 Å². The maximum Gasteiger partial charge on any atom is 0.304 e. The fourth-order valence-electron chi connectivity index (χ4n) is 1.29. The Bertz CT molecular complexity index is 508. The van der Waals surface area contributed by atoms with Crippen molar-refractivity contribution in [3.8, 4) is 10.7 Å². The van der Waals surface area contributed by atoms with E-state index in [4.69, 9.17) is 5.11 Å². The number of aromatic nitrogens is 3. The molecule has 0 aliphatic rings. The summed E-state index contributed by atoms with van der Waals surface area (Å²) in [4.78, 5) is 11.5. The lowest BCUT2D eigenvalue weighted by Gasteiger charge is -2.00. The molecule has 0 amide bonds. The lowest BCUT2D eigenvalue weighted by Crippen LogP contribution is -1.98. The van der Waals surface area contributed by atoms with E-state index in [2.05, 4.69) is 10.2 Å². The first kappa shape index (κ1) is 12.1. The fourth-order valence-corrected chi connectivity index (χ4v) is 2.87. The van der Waals surface area contributed by atoms with Crippen LogP contribution in [0.5, 0.6) is 0 Å². The molecule has 1 N–H and O–H groups in total. The smallest absolute Gasteiger partial charge is 0.304 e. The van der Waals surface area contributed by atoms with Gasteiger partial charge in [0, 0.05) is 12.8 Å². The minimum atomic E-state index is -0.793. The molecule has 2 rings (SSSR count). The van der Waals surface area contributed by atoms with Crippen molar-refractivity contribution in [3.05, 3.63) is 17.5 Å². The lowest BCUT2D eigenvalue weighted by molar-refractivity contribution is -0.136. The lowest BCUT2D eigenvalue weighted by atomic mass is 10.4. The summed E-state index contributed by atoms with van der Waals surface area (Å²) in [5.74, 6) is 0.530. The molecule has 0 aromatic carbocycles. The van der Waals surface area contributed by atoms with Crippen LogP contribution in [0.2, 0.25) is 0 Å². The van der Waals surface area contributed by atoms with Gasteiger partial charge < -0.3 is 9.67 Å². The molecule has 0 saturated carbocycles. The number of carbonyl (C=O) groups is 1. The van der Waals surface area contributed by atoms with Gasteiger partial charge in [-0.15, -0.1) is 21.5 Å². The van der Waals surface area contributed by atoms with Crippen LogP contribution < -0.4 is 0 Å². The average Bonchev–Trinajstić information content (AvgIpc) is 2.88. The van der Waals surface area contributed by atoms with Gasteiger partial charge in [0.15, 0.2) is 11.0 Å². The molecule has 0 saturated heterocycles. The Morgan fingerprint density at radius 2 is 2.41 bits per heavy atom. The summed E-state index contributed by atoms with van der Waals surface area (Å²) in [6.45, 7) is 0. The largest absolute Gasteiger partial charge is 0.481 e. The molecule has 5 nitrogen and oxygen atoms in total. The van der Waals surface area contributed by atoms with Gasteiger partial charge in [-0.3, -0.25) is 4.79 Å². The van der Waals surface area contributed by atoms with Crippen molar-refractivity contribution in [2.45, 2.75) is 11.6 Å². The van der Waals surface area contributed by atoms with Gasteiger partial charge in [-0.05, 0) is 11.4 Å². The Hall–Kier alpha value is -1.34. The summed E-state index contributed by atoms with van der Waals surface area (Å²) in [6, 6.07) is 3.95. The predicted molar refractivity (Wildman–Crippen MR) is 67.3 cm³/mol. The molecule has 0 fully saturated rings. The van der Waals surface area contributed by atoms with Gasteiger partial charge in [-0.25, -0.2) is 0 Å². The summed E-state index contributed by atoms with van der Waals surface area (Å²) in [5.41, 5.74) is 0. The van der Waals surface area contributed by atoms with Crippen LogP contribution in [0, 0.1) is 0 Å². The number of aliphatic carboxylic acids is 1. The zero-order chi connectivity index (χ0) is 12.3. The number of carboxylic acids is 1. The third kappa shape index (κ3) is 2.86. The number of thioether (sulfide) groups is 1. The van der Waals surface area contributed by atoms with E-state index in [1.165, 1.54) is 11.8 Å². The first-order chi connectivity index (χ1) is 8.18. The SMILES string of the molecule is Cn1c(SCCC(=O)O)nnc1-c1cccs1. The highest BCUT2D eigenvalue weighted by atomic mass is 32.2. The van der Waals surface area contributed by atoms with Crippen molar-refractivity contribution in [3.63, 3.8) is 0 Å². The van der Waals surface area contributed by atoms with Gasteiger partial charge >= 0.3 is 5.97 Å². The van der Waals surface area contributed by atoms with E-state index in [1.54, 1.807) is 11.3 Å². The Morgan fingerprint density at radius 3 is 3.06 bits per heavy atom. The van der Waals surface area contributed by atoms with Crippen molar-refractivity contribution >= 4 is 29.1 Å². The zero-order valence-electron chi connectivity index (χ0n) is 9.16. The molecule has 90 valence electrons. The van der Waals surface area contributed by atoms with Crippen molar-refractivity contribution in [1.29, 1.82) is 0 Å². The molecule has 17 heavy (non-hydrogen) atoms. The molecule has 0 aliphatic heterocycles. The maximum absolute atomic E-state index is 10.4. The average molecular weight is 269 g/mol. The van der Waals surface area contributed by atoms with Gasteiger partial charge in [0.05, 0.1) is 11.3 Å². The van der Waals surface area contributed by atoms with Crippen LogP contribution in [0.1, 0.15) is 6.42 Å². The fraction of sp³-hybridized carbons (Fsp3) is 0.300. The molecular formula is C10H11N3O2S2. The van der Waals surface area contributed by atoms with Gasteiger partial charge in [-0.1, -0.05) is 17.8 Å². The maximum atomic E-state index is 10.4. The van der Waals surface area contributed by atoms with E-state index in [0.717, 1.165) is 15.9 Å². The first-order valence-corrected chi connectivity index (χ1v) is 6.83. The third-order valence-corrected chi connectivity index (χ3v) is 4.01.